The zero-order valence-electron chi connectivity index (χ0n) is 20.6. The molecule has 0 saturated carbocycles. The van der Waals surface area contributed by atoms with E-state index >= 15 is 0 Å². The van der Waals surface area contributed by atoms with Crippen molar-refractivity contribution in [3.8, 4) is 28.8 Å². The summed E-state index contributed by atoms with van der Waals surface area (Å²) in [4.78, 5) is 12.6. The molecule has 0 saturated heterocycles. The number of unbranched alkanes of at least 4 members (excludes halogenated alkanes) is 1. The van der Waals surface area contributed by atoms with Gasteiger partial charge < -0.3 is 14.8 Å². The number of benzene rings is 2. The second-order valence-corrected chi connectivity index (χ2v) is 8.17. The predicted octanol–water partition coefficient (Wildman–Crippen LogP) is 5.09. The van der Waals surface area contributed by atoms with E-state index in [1.54, 1.807) is 17.9 Å². The molecule has 0 radical (unpaired) electrons. The molecule has 1 amide bonds. The van der Waals surface area contributed by atoms with Crippen LogP contribution in [0.5, 0.6) is 5.75 Å². The molecular weight excluding hydrogens is 440 g/mol. The lowest BCUT2D eigenvalue weighted by Gasteiger charge is -2.10. The molecule has 0 aliphatic heterocycles. The van der Waals surface area contributed by atoms with Crippen molar-refractivity contribution in [2.45, 2.75) is 33.1 Å². The van der Waals surface area contributed by atoms with E-state index in [9.17, 15) is 10.1 Å². The fourth-order valence-electron chi connectivity index (χ4n) is 3.53. The lowest BCUT2D eigenvalue weighted by molar-refractivity contribution is -0.117. The lowest BCUT2D eigenvalue weighted by Crippen LogP contribution is -2.26. The first-order valence-electron chi connectivity index (χ1n) is 11.8. The van der Waals surface area contributed by atoms with Crippen LogP contribution in [0, 0.1) is 18.3 Å². The number of hydrogen-bond donors (Lipinski definition) is 1. The number of nitrogens with zero attached hydrogens (tertiary/aromatic N) is 3. The average molecular weight is 473 g/mol. The third-order valence-corrected chi connectivity index (χ3v) is 5.44. The van der Waals surface area contributed by atoms with Gasteiger partial charge in [0.1, 0.15) is 23.1 Å². The van der Waals surface area contributed by atoms with Crippen LogP contribution in [0.1, 0.15) is 37.3 Å². The number of para-hydroxylation sites is 1. The van der Waals surface area contributed by atoms with Crippen molar-refractivity contribution >= 4 is 12.0 Å². The Balaban J connectivity index is 1.97. The maximum absolute atomic E-state index is 12.6. The second kappa shape index (κ2) is 13.1. The van der Waals surface area contributed by atoms with Crippen LogP contribution in [-0.4, -0.2) is 42.6 Å². The summed E-state index contributed by atoms with van der Waals surface area (Å²) in [7, 11) is 1.61. The van der Waals surface area contributed by atoms with Crippen LogP contribution in [-0.2, 0) is 9.53 Å². The normalized spacial score (nSPS) is 11.2. The highest BCUT2D eigenvalue weighted by molar-refractivity contribution is 6.02. The quantitative estimate of drug-likeness (QED) is 0.225. The summed E-state index contributed by atoms with van der Waals surface area (Å²) in [6.07, 6.45) is 6.17. The second-order valence-electron chi connectivity index (χ2n) is 8.17. The molecule has 0 unspecified atom stereocenters. The summed E-state index contributed by atoms with van der Waals surface area (Å²) >= 11 is 0. The van der Waals surface area contributed by atoms with Gasteiger partial charge in [0.25, 0.3) is 5.91 Å². The number of ether oxygens (including phenoxy) is 2. The van der Waals surface area contributed by atoms with Gasteiger partial charge in [-0.05, 0) is 61.7 Å². The van der Waals surface area contributed by atoms with Gasteiger partial charge in [0.15, 0.2) is 0 Å². The average Bonchev–Trinajstić information content (AvgIpc) is 3.30. The van der Waals surface area contributed by atoms with Crippen molar-refractivity contribution in [1.29, 1.82) is 5.26 Å². The molecule has 1 N–H and O–H groups in total. The summed E-state index contributed by atoms with van der Waals surface area (Å²) in [5, 5.41) is 17.3. The molecule has 0 spiro atoms. The van der Waals surface area contributed by atoms with Crippen LogP contribution in [0.3, 0.4) is 0 Å². The topological polar surface area (TPSA) is 89.2 Å². The van der Waals surface area contributed by atoms with Crippen molar-refractivity contribution < 1.29 is 14.3 Å². The molecule has 3 rings (SSSR count). The monoisotopic (exact) mass is 472 g/mol. The highest BCUT2D eigenvalue weighted by atomic mass is 16.5. The summed E-state index contributed by atoms with van der Waals surface area (Å²) < 4.78 is 12.7. The Morgan fingerprint density at radius 2 is 1.97 bits per heavy atom. The van der Waals surface area contributed by atoms with Crippen molar-refractivity contribution in [3.05, 3.63) is 71.4 Å². The molecule has 1 heterocycles. The molecule has 3 aromatic rings. The van der Waals surface area contributed by atoms with E-state index in [-0.39, 0.29) is 5.57 Å². The number of rotatable bonds is 12. The third kappa shape index (κ3) is 7.05. The number of nitrogens with one attached hydrogen (secondary N) is 1. The van der Waals surface area contributed by atoms with E-state index in [0.717, 1.165) is 35.4 Å². The van der Waals surface area contributed by atoms with Gasteiger partial charge in [-0.1, -0.05) is 31.5 Å². The summed E-state index contributed by atoms with van der Waals surface area (Å²) in [5.41, 5.74) is 4.14. The van der Waals surface area contributed by atoms with E-state index in [2.05, 4.69) is 12.2 Å². The molecule has 35 heavy (non-hydrogen) atoms. The van der Waals surface area contributed by atoms with Crippen LogP contribution < -0.4 is 10.1 Å². The highest BCUT2D eigenvalue weighted by Gasteiger charge is 2.16. The highest BCUT2D eigenvalue weighted by Crippen LogP contribution is 2.30. The van der Waals surface area contributed by atoms with Gasteiger partial charge in [0, 0.05) is 37.6 Å². The Kier molecular flexibility index (Phi) is 9.64. The molecule has 0 aliphatic rings. The first-order chi connectivity index (χ1) is 17.1. The first-order valence-corrected chi connectivity index (χ1v) is 11.8. The van der Waals surface area contributed by atoms with Crippen LogP contribution in [0.15, 0.2) is 60.3 Å². The molecule has 7 nitrogen and oxygen atoms in total. The van der Waals surface area contributed by atoms with Crippen LogP contribution >= 0.6 is 0 Å². The molecule has 0 atom stereocenters. The Bertz CT molecular complexity index is 1190. The van der Waals surface area contributed by atoms with E-state index in [0.29, 0.717) is 37.4 Å². The number of nitriles is 1. The number of aryl methyl sites for hydroxylation is 1. The number of amides is 1. The molecule has 1 aromatic heterocycles. The molecule has 182 valence electrons. The van der Waals surface area contributed by atoms with Gasteiger partial charge in [-0.25, -0.2) is 4.68 Å². The number of aromatic nitrogens is 2. The Labute approximate surface area is 207 Å². The third-order valence-electron chi connectivity index (χ3n) is 5.44. The SMILES string of the molecule is CCCCOc1ccc(-c2nn(-c3ccccc3)cc2/C=C(\C#N)C(=O)NCCCOC)cc1C. The minimum atomic E-state index is -0.419. The summed E-state index contributed by atoms with van der Waals surface area (Å²) in [6, 6.07) is 17.7. The van der Waals surface area contributed by atoms with Crippen LogP contribution in [0.2, 0.25) is 0 Å². The zero-order chi connectivity index (χ0) is 25.0. The number of hydrogen-bond acceptors (Lipinski definition) is 5. The number of carbonyl (C=O) groups excluding carboxylic acids is 1. The molecule has 0 bridgehead atoms. The van der Waals surface area contributed by atoms with Crippen molar-refractivity contribution in [1.82, 2.24) is 15.1 Å². The number of carbonyl (C=O) groups is 1. The predicted molar refractivity (Wildman–Crippen MR) is 137 cm³/mol. The molecule has 0 fully saturated rings. The van der Waals surface area contributed by atoms with Crippen molar-refractivity contribution in [3.63, 3.8) is 0 Å². The van der Waals surface area contributed by atoms with E-state index in [4.69, 9.17) is 14.6 Å². The minimum Gasteiger partial charge on any atom is -0.493 e. The van der Waals surface area contributed by atoms with Gasteiger partial charge in [-0.15, -0.1) is 0 Å². The Morgan fingerprint density at radius 3 is 2.66 bits per heavy atom. The van der Waals surface area contributed by atoms with Crippen molar-refractivity contribution in [2.75, 3.05) is 26.9 Å². The van der Waals surface area contributed by atoms with Gasteiger partial charge >= 0.3 is 0 Å². The van der Waals surface area contributed by atoms with E-state index in [1.807, 2.05) is 67.7 Å². The van der Waals surface area contributed by atoms with E-state index < -0.39 is 5.91 Å². The van der Waals surface area contributed by atoms with Crippen LogP contribution in [0.25, 0.3) is 23.0 Å². The summed E-state index contributed by atoms with van der Waals surface area (Å²) in [5.74, 6) is 0.424. The molecule has 2 aromatic carbocycles. The Hall–Kier alpha value is -3.89. The zero-order valence-corrected chi connectivity index (χ0v) is 20.6. The van der Waals surface area contributed by atoms with Gasteiger partial charge in [0.05, 0.1) is 12.3 Å². The lowest BCUT2D eigenvalue weighted by atomic mass is 10.0. The van der Waals surface area contributed by atoms with Gasteiger partial charge in [-0.2, -0.15) is 10.4 Å². The maximum atomic E-state index is 12.6. The van der Waals surface area contributed by atoms with E-state index in [1.165, 1.54) is 0 Å². The maximum Gasteiger partial charge on any atom is 0.261 e. The Morgan fingerprint density at radius 1 is 1.17 bits per heavy atom. The first kappa shape index (κ1) is 25.7. The van der Waals surface area contributed by atoms with Crippen LogP contribution in [0.4, 0.5) is 0 Å². The fourth-order valence-corrected chi connectivity index (χ4v) is 3.53. The molecule has 0 aliphatic carbocycles. The smallest absolute Gasteiger partial charge is 0.261 e. The largest absolute Gasteiger partial charge is 0.493 e. The van der Waals surface area contributed by atoms with Gasteiger partial charge in [-0.3, -0.25) is 4.79 Å². The van der Waals surface area contributed by atoms with Crippen molar-refractivity contribution in [2.24, 2.45) is 0 Å². The molecular formula is C28H32N4O3. The minimum absolute atomic E-state index is 0.0209. The standard InChI is InChI=1S/C28H32N4O3/c1-4-5-16-35-26-13-12-22(17-21(26)2)27-24(20-32(31-27)25-10-7-6-8-11-25)18-23(19-29)28(33)30-14-9-15-34-3/h6-8,10-13,17-18,20H,4-5,9,14-16H2,1-3H3,(H,30,33)/b23-18+. The summed E-state index contributed by atoms with van der Waals surface area (Å²) in [6.45, 7) is 5.78. The fraction of sp³-hybridized carbons (Fsp3) is 0.321. The molecule has 7 heteroatoms. The number of methoxy groups -OCH3 is 1. The van der Waals surface area contributed by atoms with Gasteiger partial charge in [0.2, 0.25) is 0 Å².